The minimum atomic E-state index is -4.96. The van der Waals surface area contributed by atoms with Crippen molar-refractivity contribution in [3.8, 4) is 0 Å². The van der Waals surface area contributed by atoms with E-state index in [1.807, 2.05) is 0 Å². The summed E-state index contributed by atoms with van der Waals surface area (Å²) >= 11 is 0. The topological polar surface area (TPSA) is 237 Å². The first-order valence-electron chi connectivity index (χ1n) is 43.2. The van der Waals surface area contributed by atoms with Crippen molar-refractivity contribution >= 4 is 39.5 Å². The lowest BCUT2D eigenvalue weighted by Crippen LogP contribution is -2.30. The number of rotatable bonds is 81. The van der Waals surface area contributed by atoms with Crippen LogP contribution in [-0.4, -0.2) is 96.7 Å². The molecule has 6 atom stereocenters. The van der Waals surface area contributed by atoms with Crippen LogP contribution in [0.1, 0.15) is 434 Å². The van der Waals surface area contributed by atoms with E-state index in [4.69, 9.17) is 37.0 Å². The Bertz CT molecular complexity index is 2010. The highest BCUT2D eigenvalue weighted by Gasteiger charge is 2.30. The normalized spacial score (nSPS) is 14.2. The summed E-state index contributed by atoms with van der Waals surface area (Å²) < 4.78 is 68.8. The summed E-state index contributed by atoms with van der Waals surface area (Å²) in [5, 5.41) is 10.7. The van der Waals surface area contributed by atoms with Crippen LogP contribution in [0.2, 0.25) is 0 Å². The van der Waals surface area contributed by atoms with Gasteiger partial charge in [-0.15, -0.1) is 0 Å². The van der Waals surface area contributed by atoms with Gasteiger partial charge in [0.2, 0.25) is 0 Å². The molecule has 0 aromatic rings. The maximum atomic E-state index is 13.1. The molecule has 0 amide bonds. The summed E-state index contributed by atoms with van der Waals surface area (Å²) in [6.45, 7) is 14.3. The van der Waals surface area contributed by atoms with Gasteiger partial charge in [0.15, 0.2) is 12.2 Å². The van der Waals surface area contributed by atoms with Crippen LogP contribution in [0.25, 0.3) is 0 Å². The number of phosphoric acid groups is 2. The molecule has 0 heterocycles. The fraction of sp³-hybridized carbons (Fsp3) is 0.952. The van der Waals surface area contributed by atoms with E-state index >= 15 is 0 Å². The molecule has 0 spiro atoms. The van der Waals surface area contributed by atoms with E-state index in [2.05, 4.69) is 55.4 Å². The zero-order valence-electron chi connectivity index (χ0n) is 68.0. The average Bonchev–Trinajstić information content (AvgIpc) is 0.910. The van der Waals surface area contributed by atoms with Crippen LogP contribution in [-0.2, 0) is 65.4 Å². The highest BCUT2D eigenvalue weighted by Crippen LogP contribution is 2.45. The molecule has 612 valence electrons. The standard InChI is InChI=1S/C84H164O17P2/c1-9-77(8)63-55-47-38-32-28-29-35-41-51-59-67-84(89)100-79(70-94-81(86)64-56-48-39-33-26-22-18-15-14-17-21-25-31-37-45-53-61-75(4)5)72-98-102(90,91)96-68-78(85)69-97-103(92,93)99-73-80(71-95-82(87)65-57-49-43-42-46-54-62-76(6)7)101-83(88)66-58-50-40-34-27-23-19-13-11-10-12-16-20-24-30-36-44-52-60-74(2)3/h74-80,85H,9-73H2,1-8H3,(H,90,91)(H,92,93)/t77?,78?,79-,80-/m1/s1. The Kier molecular flexibility index (Phi) is 71.5. The van der Waals surface area contributed by atoms with Crippen LogP contribution >= 0.6 is 15.6 Å². The first-order valence-corrected chi connectivity index (χ1v) is 46.2. The molecule has 0 radical (unpaired) electrons. The molecule has 0 rings (SSSR count). The second-order valence-electron chi connectivity index (χ2n) is 31.9. The third-order valence-electron chi connectivity index (χ3n) is 19.9. The number of ether oxygens (including phenoxy) is 4. The van der Waals surface area contributed by atoms with Crippen LogP contribution in [0.15, 0.2) is 0 Å². The zero-order valence-corrected chi connectivity index (χ0v) is 69.7. The molecule has 19 heteroatoms. The van der Waals surface area contributed by atoms with Crippen LogP contribution in [0.4, 0.5) is 0 Å². The number of hydrogen-bond acceptors (Lipinski definition) is 15. The summed E-state index contributed by atoms with van der Waals surface area (Å²) in [5.74, 6) is 1.00. The van der Waals surface area contributed by atoms with Gasteiger partial charge in [0.1, 0.15) is 19.3 Å². The summed E-state index contributed by atoms with van der Waals surface area (Å²) in [4.78, 5) is 73.1. The maximum Gasteiger partial charge on any atom is 0.472 e. The Morgan fingerprint density at radius 1 is 0.272 bits per heavy atom. The molecule has 103 heavy (non-hydrogen) atoms. The number of aliphatic hydroxyl groups is 1. The van der Waals surface area contributed by atoms with Crippen LogP contribution in [0, 0.1) is 23.7 Å². The molecule has 0 saturated heterocycles. The molecule has 0 saturated carbocycles. The molecular formula is C84H164O17P2. The number of esters is 4. The van der Waals surface area contributed by atoms with Gasteiger partial charge in [-0.2, -0.15) is 0 Å². The lowest BCUT2D eigenvalue weighted by molar-refractivity contribution is -0.161. The number of hydrogen-bond donors (Lipinski definition) is 3. The molecule has 4 unspecified atom stereocenters. The van der Waals surface area contributed by atoms with Gasteiger partial charge in [-0.25, -0.2) is 9.13 Å². The molecule has 3 N–H and O–H groups in total. The van der Waals surface area contributed by atoms with Crippen molar-refractivity contribution < 1.29 is 80.2 Å². The van der Waals surface area contributed by atoms with E-state index in [1.54, 1.807) is 0 Å². The predicted molar refractivity (Wildman–Crippen MR) is 423 cm³/mol. The lowest BCUT2D eigenvalue weighted by atomic mass is 9.99. The van der Waals surface area contributed by atoms with Crippen molar-refractivity contribution in [2.24, 2.45) is 23.7 Å². The largest absolute Gasteiger partial charge is 0.472 e. The van der Waals surface area contributed by atoms with Gasteiger partial charge >= 0.3 is 39.5 Å². The molecule has 0 fully saturated rings. The highest BCUT2D eigenvalue weighted by molar-refractivity contribution is 7.47. The Balaban J connectivity index is 5.18. The van der Waals surface area contributed by atoms with Gasteiger partial charge in [0.25, 0.3) is 0 Å². The monoisotopic (exact) mass is 1510 g/mol. The minimum Gasteiger partial charge on any atom is -0.462 e. The van der Waals surface area contributed by atoms with Gasteiger partial charge in [0.05, 0.1) is 26.4 Å². The molecule has 0 aromatic heterocycles. The number of aliphatic hydroxyl groups excluding tert-OH is 1. The molecule has 0 aliphatic rings. The number of phosphoric ester groups is 2. The van der Waals surface area contributed by atoms with Gasteiger partial charge in [-0.3, -0.25) is 37.3 Å². The van der Waals surface area contributed by atoms with Gasteiger partial charge < -0.3 is 33.8 Å². The molecule has 0 aliphatic heterocycles. The van der Waals surface area contributed by atoms with E-state index in [-0.39, 0.29) is 25.7 Å². The first kappa shape index (κ1) is 101. The Hall–Kier alpha value is -1.94. The zero-order chi connectivity index (χ0) is 76.0. The van der Waals surface area contributed by atoms with Crippen LogP contribution < -0.4 is 0 Å². The van der Waals surface area contributed by atoms with E-state index in [0.717, 1.165) is 114 Å². The van der Waals surface area contributed by atoms with Crippen molar-refractivity contribution in [3.63, 3.8) is 0 Å². The van der Waals surface area contributed by atoms with Crippen molar-refractivity contribution in [1.29, 1.82) is 0 Å². The van der Waals surface area contributed by atoms with Gasteiger partial charge in [0, 0.05) is 25.7 Å². The fourth-order valence-corrected chi connectivity index (χ4v) is 14.5. The molecule has 0 aliphatic carbocycles. The van der Waals surface area contributed by atoms with Crippen molar-refractivity contribution in [1.82, 2.24) is 0 Å². The first-order chi connectivity index (χ1) is 49.6. The fourth-order valence-electron chi connectivity index (χ4n) is 12.9. The van der Waals surface area contributed by atoms with Crippen LogP contribution in [0.3, 0.4) is 0 Å². The predicted octanol–water partition coefficient (Wildman–Crippen LogP) is 25.2. The number of carbonyl (C=O) groups excluding carboxylic acids is 4. The summed E-state index contributed by atoms with van der Waals surface area (Å²) in [7, 11) is -9.92. The average molecular weight is 1510 g/mol. The van der Waals surface area contributed by atoms with E-state index < -0.39 is 97.5 Å². The van der Waals surface area contributed by atoms with E-state index in [1.165, 1.54) is 231 Å². The Morgan fingerprint density at radius 3 is 0.689 bits per heavy atom. The number of carbonyl (C=O) groups is 4. The van der Waals surface area contributed by atoms with Crippen molar-refractivity contribution in [2.75, 3.05) is 39.6 Å². The van der Waals surface area contributed by atoms with Gasteiger partial charge in [-0.05, 0) is 49.4 Å². The quantitative estimate of drug-likeness (QED) is 0.0222. The summed E-state index contributed by atoms with van der Waals surface area (Å²) in [6, 6.07) is 0. The molecule has 17 nitrogen and oxygen atoms in total. The SMILES string of the molecule is CCC(C)CCCCCCCCCCCCC(=O)O[C@H](COC(=O)CCCCCCCCCCCCCCCCCCC(C)C)COP(=O)(O)OCC(O)COP(=O)(O)OC[C@@H](COC(=O)CCCCCCCCC(C)C)OC(=O)CCCCCCCCCCCCCCCCCCCCC(C)C. The van der Waals surface area contributed by atoms with Crippen molar-refractivity contribution in [3.05, 3.63) is 0 Å². The smallest absolute Gasteiger partial charge is 0.462 e. The summed E-state index contributed by atoms with van der Waals surface area (Å²) in [6.07, 6.45) is 61.3. The Labute approximate surface area is 632 Å². The molecular weight excluding hydrogens is 1340 g/mol. The second kappa shape index (κ2) is 72.9. The van der Waals surface area contributed by atoms with Crippen LogP contribution in [0.5, 0.6) is 0 Å². The number of unbranched alkanes of at least 4 members (excludes halogenated alkanes) is 46. The molecule has 0 aromatic carbocycles. The third-order valence-corrected chi connectivity index (χ3v) is 21.8. The van der Waals surface area contributed by atoms with Crippen molar-refractivity contribution in [2.45, 2.75) is 453 Å². The maximum absolute atomic E-state index is 13.1. The van der Waals surface area contributed by atoms with E-state index in [0.29, 0.717) is 31.6 Å². The minimum absolute atomic E-state index is 0.106. The van der Waals surface area contributed by atoms with Gasteiger partial charge in [-0.1, -0.05) is 383 Å². The second-order valence-corrected chi connectivity index (χ2v) is 34.8. The highest BCUT2D eigenvalue weighted by atomic mass is 31.2. The van der Waals surface area contributed by atoms with E-state index in [9.17, 15) is 43.2 Å². The third kappa shape index (κ3) is 76.6. The Morgan fingerprint density at radius 2 is 0.466 bits per heavy atom. The summed E-state index contributed by atoms with van der Waals surface area (Å²) in [5.41, 5.74) is 0. The lowest BCUT2D eigenvalue weighted by Gasteiger charge is -2.21. The molecule has 0 bridgehead atoms.